The molecule has 4 nitrogen and oxygen atoms in total. The van der Waals surface area contributed by atoms with Crippen LogP contribution in [0.2, 0.25) is 0 Å². The van der Waals surface area contributed by atoms with Gasteiger partial charge in [0.2, 0.25) is 5.75 Å². The van der Waals surface area contributed by atoms with Gasteiger partial charge >= 0.3 is 0 Å². The summed E-state index contributed by atoms with van der Waals surface area (Å²) in [7, 11) is 0. The van der Waals surface area contributed by atoms with Crippen LogP contribution >= 0.6 is 0 Å². The molecule has 0 saturated carbocycles. The molecule has 1 atom stereocenters. The zero-order valence-corrected chi connectivity index (χ0v) is 7.70. The third-order valence-electron chi connectivity index (χ3n) is 2.73. The van der Waals surface area contributed by atoms with E-state index in [-0.39, 0.29) is 17.5 Å². The van der Waals surface area contributed by atoms with Gasteiger partial charge in [-0.15, -0.1) is 0 Å². The van der Waals surface area contributed by atoms with Crippen molar-refractivity contribution in [1.29, 1.82) is 0 Å². The number of fused-ring (bicyclic) bond motifs is 1. The highest BCUT2D eigenvalue weighted by Gasteiger charge is 2.23. The van der Waals surface area contributed by atoms with Crippen LogP contribution in [0.25, 0.3) is 0 Å². The summed E-state index contributed by atoms with van der Waals surface area (Å²) in [5, 5.41) is 28.2. The highest BCUT2D eigenvalue weighted by atomic mass is 16.3. The lowest BCUT2D eigenvalue weighted by Crippen LogP contribution is -2.17. The topological polar surface area (TPSA) is 86.7 Å². The number of benzene rings is 1. The van der Waals surface area contributed by atoms with Gasteiger partial charge in [0.15, 0.2) is 11.5 Å². The second-order valence-electron chi connectivity index (χ2n) is 3.66. The molecule has 0 amide bonds. The Bertz CT molecular complexity index is 376. The van der Waals surface area contributed by atoms with Gasteiger partial charge < -0.3 is 21.1 Å². The Hall–Kier alpha value is -1.42. The molecule has 14 heavy (non-hydrogen) atoms. The number of rotatable bonds is 0. The molecule has 1 unspecified atom stereocenters. The van der Waals surface area contributed by atoms with Crippen LogP contribution in [0.5, 0.6) is 17.2 Å². The van der Waals surface area contributed by atoms with Crippen LogP contribution < -0.4 is 5.73 Å². The van der Waals surface area contributed by atoms with Gasteiger partial charge in [-0.2, -0.15) is 0 Å². The Morgan fingerprint density at radius 1 is 1.21 bits per heavy atom. The van der Waals surface area contributed by atoms with Crippen molar-refractivity contribution in [3.63, 3.8) is 0 Å². The minimum absolute atomic E-state index is 0.156. The van der Waals surface area contributed by atoms with Crippen LogP contribution in [0, 0.1) is 0 Å². The molecule has 5 N–H and O–H groups in total. The molecule has 0 aliphatic heterocycles. The number of hydrogen-bond acceptors (Lipinski definition) is 4. The van der Waals surface area contributed by atoms with E-state index in [4.69, 9.17) is 5.73 Å². The predicted octanol–water partition coefficient (Wildman–Crippen LogP) is 1.14. The summed E-state index contributed by atoms with van der Waals surface area (Å²) < 4.78 is 0. The highest BCUT2D eigenvalue weighted by molar-refractivity contribution is 5.58. The first-order valence-electron chi connectivity index (χ1n) is 4.63. The molecule has 0 fully saturated rings. The number of phenols is 3. The van der Waals surface area contributed by atoms with Crippen LogP contribution in [0.1, 0.15) is 30.0 Å². The predicted molar refractivity (Wildman–Crippen MR) is 51.3 cm³/mol. The average molecular weight is 195 g/mol. The fourth-order valence-corrected chi connectivity index (χ4v) is 1.95. The number of hydrogen-bond donors (Lipinski definition) is 4. The highest BCUT2D eigenvalue weighted by Crippen LogP contribution is 2.44. The van der Waals surface area contributed by atoms with Crippen molar-refractivity contribution in [1.82, 2.24) is 0 Å². The van der Waals surface area contributed by atoms with E-state index >= 15 is 0 Å². The largest absolute Gasteiger partial charge is 0.504 e. The molecule has 0 spiro atoms. The Morgan fingerprint density at radius 2 is 1.93 bits per heavy atom. The van der Waals surface area contributed by atoms with E-state index in [2.05, 4.69) is 0 Å². The molecule has 4 heteroatoms. The fraction of sp³-hybridized carbons (Fsp3) is 0.400. The summed E-state index contributed by atoms with van der Waals surface area (Å²) in [6.45, 7) is 0. The molecule has 0 saturated heterocycles. The molecule has 1 aromatic carbocycles. The summed E-state index contributed by atoms with van der Waals surface area (Å²) >= 11 is 0. The summed E-state index contributed by atoms with van der Waals surface area (Å²) in [5.41, 5.74) is 7.24. The van der Waals surface area contributed by atoms with Crippen LogP contribution in [0.15, 0.2) is 6.07 Å². The molecule has 1 aliphatic carbocycles. The van der Waals surface area contributed by atoms with Crippen LogP contribution in [0.4, 0.5) is 0 Å². The molecular formula is C10H13NO3. The van der Waals surface area contributed by atoms with E-state index in [1.165, 1.54) is 6.07 Å². The quantitative estimate of drug-likeness (QED) is 0.467. The van der Waals surface area contributed by atoms with Crippen molar-refractivity contribution in [2.45, 2.75) is 25.3 Å². The molecule has 0 radical (unpaired) electrons. The van der Waals surface area contributed by atoms with Crippen molar-refractivity contribution in [3.05, 3.63) is 17.2 Å². The summed E-state index contributed by atoms with van der Waals surface area (Å²) in [5.74, 6) is -0.980. The molecule has 0 bridgehead atoms. The minimum atomic E-state index is -0.446. The average Bonchev–Trinajstić information content (AvgIpc) is 2.17. The van der Waals surface area contributed by atoms with Gasteiger partial charge in [-0.25, -0.2) is 0 Å². The summed E-state index contributed by atoms with van der Waals surface area (Å²) in [6, 6.07) is 1.28. The molecule has 0 heterocycles. The molecule has 1 aromatic rings. The first-order valence-corrected chi connectivity index (χ1v) is 4.63. The van der Waals surface area contributed by atoms with Gasteiger partial charge in [0.1, 0.15) is 0 Å². The molecule has 0 aromatic heterocycles. The van der Waals surface area contributed by atoms with E-state index in [1.807, 2.05) is 0 Å². The summed E-state index contributed by atoms with van der Waals surface area (Å²) in [4.78, 5) is 0. The Labute approximate surface area is 81.6 Å². The Kier molecular flexibility index (Phi) is 2.00. The fourth-order valence-electron chi connectivity index (χ4n) is 1.95. The van der Waals surface area contributed by atoms with Gasteiger partial charge in [-0.1, -0.05) is 0 Å². The summed E-state index contributed by atoms with van der Waals surface area (Å²) in [6.07, 6.45) is 2.44. The third-order valence-corrected chi connectivity index (χ3v) is 2.73. The number of aromatic hydroxyl groups is 3. The lowest BCUT2D eigenvalue weighted by Gasteiger charge is -2.23. The van der Waals surface area contributed by atoms with Crippen LogP contribution in [0.3, 0.4) is 0 Å². The van der Waals surface area contributed by atoms with Crippen molar-refractivity contribution < 1.29 is 15.3 Å². The first kappa shape index (κ1) is 9.15. The van der Waals surface area contributed by atoms with Crippen molar-refractivity contribution >= 4 is 0 Å². The van der Waals surface area contributed by atoms with Crippen molar-refractivity contribution in [2.75, 3.05) is 0 Å². The third kappa shape index (κ3) is 1.19. The zero-order valence-electron chi connectivity index (χ0n) is 7.70. The van der Waals surface area contributed by atoms with Crippen LogP contribution in [-0.4, -0.2) is 15.3 Å². The molecular weight excluding hydrogens is 182 g/mol. The smallest absolute Gasteiger partial charge is 0.200 e. The maximum Gasteiger partial charge on any atom is 0.200 e. The van der Waals surface area contributed by atoms with Gasteiger partial charge in [0.05, 0.1) is 0 Å². The van der Waals surface area contributed by atoms with Gasteiger partial charge in [0.25, 0.3) is 0 Å². The van der Waals surface area contributed by atoms with Gasteiger partial charge in [0, 0.05) is 11.6 Å². The minimum Gasteiger partial charge on any atom is -0.504 e. The molecule has 1 aliphatic rings. The van der Waals surface area contributed by atoms with Gasteiger partial charge in [-0.3, -0.25) is 0 Å². The van der Waals surface area contributed by atoms with E-state index in [0.29, 0.717) is 12.0 Å². The van der Waals surface area contributed by atoms with Crippen molar-refractivity contribution in [2.24, 2.45) is 5.73 Å². The lowest BCUT2D eigenvalue weighted by molar-refractivity contribution is 0.360. The van der Waals surface area contributed by atoms with E-state index in [1.54, 1.807) is 0 Å². The maximum absolute atomic E-state index is 9.58. The van der Waals surface area contributed by atoms with E-state index in [0.717, 1.165) is 18.4 Å². The second-order valence-corrected chi connectivity index (χ2v) is 3.66. The van der Waals surface area contributed by atoms with E-state index in [9.17, 15) is 15.3 Å². The zero-order chi connectivity index (χ0) is 10.3. The lowest BCUT2D eigenvalue weighted by atomic mass is 9.87. The monoisotopic (exact) mass is 195 g/mol. The first-order chi connectivity index (χ1) is 6.61. The molecule has 76 valence electrons. The SMILES string of the molecule is NC1CCCc2c1cc(O)c(O)c2O. The molecule has 2 rings (SSSR count). The van der Waals surface area contributed by atoms with Crippen LogP contribution in [-0.2, 0) is 6.42 Å². The second kappa shape index (κ2) is 3.06. The van der Waals surface area contributed by atoms with Gasteiger partial charge in [-0.05, 0) is 30.9 Å². The normalized spacial score (nSPS) is 20.5. The number of nitrogens with two attached hydrogens (primary N) is 1. The maximum atomic E-state index is 9.58. The standard InChI is InChI=1S/C10H13NO3/c11-7-3-1-2-5-6(7)4-8(12)10(14)9(5)13/h4,7,12-14H,1-3,11H2. The Balaban J connectivity index is 2.63. The van der Waals surface area contributed by atoms with E-state index < -0.39 is 5.75 Å². The van der Waals surface area contributed by atoms with Crippen molar-refractivity contribution in [3.8, 4) is 17.2 Å². The number of phenolic OH excluding ortho intramolecular Hbond substituents is 3. The Morgan fingerprint density at radius 3 is 2.64 bits per heavy atom.